The maximum absolute atomic E-state index is 12.2. The first-order valence-corrected chi connectivity index (χ1v) is 10.5. The van der Waals surface area contributed by atoms with Gasteiger partial charge in [-0.25, -0.2) is 0 Å². The van der Waals surface area contributed by atoms with Crippen LogP contribution in [0.5, 0.6) is 0 Å². The van der Waals surface area contributed by atoms with Gasteiger partial charge in [-0.2, -0.15) is 0 Å². The predicted octanol–water partition coefficient (Wildman–Crippen LogP) is 4.38. The molecule has 1 fully saturated rings. The van der Waals surface area contributed by atoms with Crippen molar-refractivity contribution in [1.29, 1.82) is 0 Å². The van der Waals surface area contributed by atoms with Crippen LogP contribution in [0.15, 0.2) is 28.6 Å². The van der Waals surface area contributed by atoms with Crippen LogP contribution in [0.3, 0.4) is 0 Å². The maximum atomic E-state index is 12.2. The first kappa shape index (κ1) is 18.2. The average Bonchev–Trinajstić information content (AvgIpc) is 3.05. The largest absolute Gasteiger partial charge is 0.352 e. The third-order valence-corrected chi connectivity index (χ3v) is 6.47. The monoisotopic (exact) mass is 376 g/mol. The molecule has 2 N–H and O–H groups in total. The second kappa shape index (κ2) is 8.67. The lowest BCUT2D eigenvalue weighted by molar-refractivity contribution is -0.119. The van der Waals surface area contributed by atoms with Crippen LogP contribution in [0.1, 0.15) is 38.2 Å². The van der Waals surface area contributed by atoms with Crippen LogP contribution in [0.4, 0.5) is 10.8 Å². The van der Waals surface area contributed by atoms with Gasteiger partial charge in [-0.1, -0.05) is 60.6 Å². The van der Waals surface area contributed by atoms with Gasteiger partial charge in [0.05, 0.1) is 5.75 Å². The zero-order chi connectivity index (χ0) is 17.6. The van der Waals surface area contributed by atoms with E-state index in [1.807, 2.05) is 12.1 Å². The number of amides is 1. The van der Waals surface area contributed by atoms with Crippen LogP contribution < -0.4 is 10.6 Å². The molecule has 2 atom stereocenters. The lowest BCUT2D eigenvalue weighted by Gasteiger charge is -2.29. The summed E-state index contributed by atoms with van der Waals surface area (Å²) >= 11 is 2.92. The van der Waals surface area contributed by atoms with E-state index in [4.69, 9.17) is 0 Å². The van der Waals surface area contributed by atoms with E-state index in [1.165, 1.54) is 47.9 Å². The predicted molar refractivity (Wildman–Crippen MR) is 105 cm³/mol. The number of hydrogen-bond donors (Lipinski definition) is 2. The Morgan fingerprint density at radius 3 is 2.76 bits per heavy atom. The summed E-state index contributed by atoms with van der Waals surface area (Å²) in [6.07, 6.45) is 4.81. The molecule has 0 bridgehead atoms. The number of aryl methyl sites for hydroxylation is 1. The van der Waals surface area contributed by atoms with Crippen molar-refractivity contribution < 1.29 is 4.79 Å². The molecule has 0 saturated heterocycles. The van der Waals surface area contributed by atoms with Gasteiger partial charge in [0, 0.05) is 11.7 Å². The van der Waals surface area contributed by atoms with Crippen molar-refractivity contribution in [3.05, 3.63) is 29.8 Å². The number of nitrogens with zero attached hydrogens (tertiary/aromatic N) is 2. The number of benzene rings is 1. The zero-order valence-corrected chi connectivity index (χ0v) is 16.3. The molecule has 1 aromatic heterocycles. The van der Waals surface area contributed by atoms with Gasteiger partial charge in [-0.05, 0) is 37.8 Å². The van der Waals surface area contributed by atoms with Gasteiger partial charge in [-0.15, -0.1) is 10.2 Å². The summed E-state index contributed by atoms with van der Waals surface area (Å²) in [6, 6.07) is 8.46. The fourth-order valence-corrected chi connectivity index (χ4v) is 4.57. The number of aromatic nitrogens is 2. The molecule has 5 nitrogen and oxygen atoms in total. The Balaban J connectivity index is 1.46. The summed E-state index contributed by atoms with van der Waals surface area (Å²) in [4.78, 5) is 12.2. The Bertz CT molecular complexity index is 701. The number of carbonyl (C=O) groups excluding carboxylic acids is 1. The van der Waals surface area contributed by atoms with E-state index in [1.54, 1.807) is 0 Å². The normalized spacial score (nSPS) is 20.2. The van der Waals surface area contributed by atoms with Crippen LogP contribution in [-0.4, -0.2) is 27.9 Å². The molecule has 1 heterocycles. The number of hydrogen-bond acceptors (Lipinski definition) is 6. The fraction of sp³-hybridized carbons (Fsp3) is 0.500. The van der Waals surface area contributed by atoms with E-state index in [0.29, 0.717) is 17.7 Å². The van der Waals surface area contributed by atoms with Crippen molar-refractivity contribution in [2.24, 2.45) is 5.92 Å². The summed E-state index contributed by atoms with van der Waals surface area (Å²) in [5.41, 5.74) is 2.21. The van der Waals surface area contributed by atoms with Gasteiger partial charge in [0.15, 0.2) is 4.34 Å². The topological polar surface area (TPSA) is 66.9 Å². The van der Waals surface area contributed by atoms with Crippen molar-refractivity contribution in [1.82, 2.24) is 15.5 Å². The second-order valence-electron chi connectivity index (χ2n) is 6.59. The quantitative estimate of drug-likeness (QED) is 0.733. The molecule has 0 unspecified atom stereocenters. The number of nitrogens with one attached hydrogen (secondary N) is 2. The molecule has 2 aromatic rings. The lowest BCUT2D eigenvalue weighted by atomic mass is 9.86. The Morgan fingerprint density at radius 1 is 1.24 bits per heavy atom. The van der Waals surface area contributed by atoms with Crippen molar-refractivity contribution >= 4 is 39.8 Å². The van der Waals surface area contributed by atoms with Crippen LogP contribution in [0.25, 0.3) is 0 Å². The molecular weight excluding hydrogens is 352 g/mol. The number of rotatable bonds is 6. The Morgan fingerprint density at radius 2 is 2.00 bits per heavy atom. The minimum absolute atomic E-state index is 0.0898. The van der Waals surface area contributed by atoms with Crippen molar-refractivity contribution in [2.45, 2.75) is 49.9 Å². The highest BCUT2D eigenvalue weighted by molar-refractivity contribution is 8.01. The molecule has 0 aliphatic heterocycles. The van der Waals surface area contributed by atoms with E-state index in [2.05, 4.69) is 46.8 Å². The number of anilines is 2. The average molecular weight is 377 g/mol. The molecule has 1 aliphatic rings. The number of carbonyl (C=O) groups is 1. The van der Waals surface area contributed by atoms with Crippen molar-refractivity contribution in [3.8, 4) is 0 Å². The van der Waals surface area contributed by atoms with E-state index < -0.39 is 0 Å². The zero-order valence-electron chi connectivity index (χ0n) is 14.6. The van der Waals surface area contributed by atoms with Crippen LogP contribution in [0.2, 0.25) is 0 Å². The molecule has 1 aliphatic carbocycles. The molecule has 1 saturated carbocycles. The third-order valence-electron chi connectivity index (χ3n) is 4.49. The highest BCUT2D eigenvalue weighted by Gasteiger charge is 2.22. The van der Waals surface area contributed by atoms with E-state index >= 15 is 0 Å². The molecule has 7 heteroatoms. The second-order valence-corrected chi connectivity index (χ2v) is 8.79. The molecular formula is C18H24N4OS2. The molecule has 0 spiro atoms. The van der Waals surface area contributed by atoms with Crippen molar-refractivity contribution in [2.75, 3.05) is 11.1 Å². The summed E-state index contributed by atoms with van der Waals surface area (Å²) in [5, 5.41) is 15.5. The Hall–Kier alpha value is -1.60. The third kappa shape index (κ3) is 5.44. The van der Waals surface area contributed by atoms with Crippen molar-refractivity contribution in [3.63, 3.8) is 0 Å². The van der Waals surface area contributed by atoms with E-state index in [9.17, 15) is 4.79 Å². The molecule has 1 aromatic carbocycles. The van der Waals surface area contributed by atoms with Crippen LogP contribution in [-0.2, 0) is 4.79 Å². The summed E-state index contributed by atoms with van der Waals surface area (Å²) < 4.78 is 0.807. The first-order chi connectivity index (χ1) is 12.1. The lowest BCUT2D eigenvalue weighted by Crippen LogP contribution is -2.41. The minimum atomic E-state index is 0.0898. The van der Waals surface area contributed by atoms with Gasteiger partial charge in [0.1, 0.15) is 0 Å². The molecule has 1 amide bonds. The van der Waals surface area contributed by atoms with Gasteiger partial charge < -0.3 is 10.6 Å². The minimum Gasteiger partial charge on any atom is -0.352 e. The number of thioether (sulfide) groups is 1. The van der Waals surface area contributed by atoms with E-state index in [-0.39, 0.29) is 5.91 Å². The van der Waals surface area contributed by atoms with Gasteiger partial charge in [0.2, 0.25) is 11.0 Å². The van der Waals surface area contributed by atoms with Gasteiger partial charge in [-0.3, -0.25) is 4.79 Å². The molecule has 134 valence electrons. The summed E-state index contributed by atoms with van der Waals surface area (Å²) in [5.74, 6) is 1.06. The SMILES string of the molecule is Cc1ccc(Nc2nnc(SCC(=O)N[C@H]3CCCC[C@@H]3C)s2)cc1. The fourth-order valence-electron chi connectivity index (χ4n) is 2.99. The van der Waals surface area contributed by atoms with Gasteiger partial charge >= 0.3 is 0 Å². The van der Waals surface area contributed by atoms with Gasteiger partial charge in [0.25, 0.3) is 0 Å². The first-order valence-electron chi connectivity index (χ1n) is 8.69. The van der Waals surface area contributed by atoms with Crippen LogP contribution >= 0.6 is 23.1 Å². The molecule has 25 heavy (non-hydrogen) atoms. The Labute approximate surface area is 157 Å². The smallest absolute Gasteiger partial charge is 0.230 e. The highest BCUT2D eigenvalue weighted by Crippen LogP contribution is 2.28. The Kier molecular flexibility index (Phi) is 6.31. The highest BCUT2D eigenvalue weighted by atomic mass is 32.2. The summed E-state index contributed by atoms with van der Waals surface area (Å²) in [6.45, 7) is 4.29. The maximum Gasteiger partial charge on any atom is 0.230 e. The standard InChI is InChI=1S/C18H24N4OS2/c1-12-7-9-14(10-8-12)19-17-21-22-18(25-17)24-11-16(23)20-15-6-4-3-5-13(15)2/h7-10,13,15H,3-6,11H2,1-2H3,(H,19,21)(H,20,23)/t13-,15-/m0/s1. The molecule has 3 rings (SSSR count). The molecule has 0 radical (unpaired) electrons. The summed E-state index contributed by atoms with van der Waals surface area (Å²) in [7, 11) is 0. The van der Waals surface area contributed by atoms with Crippen LogP contribution in [0, 0.1) is 12.8 Å². The van der Waals surface area contributed by atoms with E-state index in [0.717, 1.165) is 21.6 Å².